The summed E-state index contributed by atoms with van der Waals surface area (Å²) in [7, 11) is 3.70. The highest BCUT2D eigenvalue weighted by molar-refractivity contribution is 4.93. The van der Waals surface area contributed by atoms with Crippen LogP contribution in [0.3, 0.4) is 0 Å². The molecule has 2 unspecified atom stereocenters. The molecule has 4 heteroatoms. The molecule has 0 radical (unpaired) electrons. The van der Waals surface area contributed by atoms with Crippen molar-refractivity contribution in [3.63, 3.8) is 0 Å². The van der Waals surface area contributed by atoms with Gasteiger partial charge in [-0.15, -0.1) is 0 Å². The fraction of sp³-hybridized carbons (Fsp3) is 1.00. The van der Waals surface area contributed by atoms with Crippen molar-refractivity contribution in [2.75, 3.05) is 14.1 Å². The third kappa shape index (κ3) is 2.02. The molecule has 2 N–H and O–H groups in total. The Labute approximate surface area is 79.1 Å². The molecule has 1 rings (SSSR count). The van der Waals surface area contributed by atoms with Gasteiger partial charge in [0.2, 0.25) is 0 Å². The Bertz CT molecular complexity index is 160. The van der Waals surface area contributed by atoms with Crippen molar-refractivity contribution in [1.82, 2.24) is 4.90 Å². The van der Waals surface area contributed by atoms with E-state index in [1.54, 1.807) is 0 Å². The number of hydrogen-bond donors (Lipinski definition) is 2. The zero-order chi connectivity index (χ0) is 10.2. The Morgan fingerprint density at radius 2 is 1.38 bits per heavy atom. The number of aliphatic hydroxyl groups excluding tert-OH is 2. The fourth-order valence-electron chi connectivity index (χ4n) is 1.87. The average Bonchev–Trinajstić information content (AvgIpc) is 2.01. The van der Waals surface area contributed by atoms with Crippen molar-refractivity contribution in [3.8, 4) is 0 Å². The van der Waals surface area contributed by atoms with E-state index in [-0.39, 0.29) is 18.2 Å². The lowest BCUT2D eigenvalue weighted by Gasteiger charge is -2.43. The van der Waals surface area contributed by atoms with Gasteiger partial charge in [0, 0.05) is 0 Å². The van der Waals surface area contributed by atoms with E-state index in [9.17, 15) is 10.2 Å². The summed E-state index contributed by atoms with van der Waals surface area (Å²) in [4.78, 5) is 1.84. The number of aliphatic hydroxyl groups is 2. The van der Waals surface area contributed by atoms with Crippen molar-refractivity contribution in [3.05, 3.63) is 0 Å². The summed E-state index contributed by atoms with van der Waals surface area (Å²) in [5.41, 5.74) is 0. The van der Waals surface area contributed by atoms with E-state index in [1.807, 2.05) is 32.8 Å². The summed E-state index contributed by atoms with van der Waals surface area (Å²) in [5, 5.41) is 19.5. The molecule has 0 aromatic heterocycles. The van der Waals surface area contributed by atoms with Gasteiger partial charge in [0.1, 0.15) is 0 Å². The smallest absolute Gasteiger partial charge is 0.0979 e. The molecule has 0 bridgehead atoms. The third-order valence-electron chi connectivity index (χ3n) is 2.69. The van der Waals surface area contributed by atoms with Gasteiger partial charge >= 0.3 is 0 Å². The van der Waals surface area contributed by atoms with E-state index in [0.29, 0.717) is 0 Å². The number of rotatable bonds is 1. The SMILES string of the molecule is CC1O[C@H](C)[C@@H](O)C(N(C)C)[C@@H]1O. The summed E-state index contributed by atoms with van der Waals surface area (Å²) in [5.74, 6) is 0. The maximum atomic E-state index is 9.77. The summed E-state index contributed by atoms with van der Waals surface area (Å²) in [6.07, 6.45) is -1.68. The van der Waals surface area contributed by atoms with Crippen LogP contribution in [0.25, 0.3) is 0 Å². The first-order chi connectivity index (χ1) is 5.95. The quantitative estimate of drug-likeness (QED) is 0.581. The second-order valence-electron chi connectivity index (χ2n) is 3.98. The van der Waals surface area contributed by atoms with E-state index in [4.69, 9.17) is 4.74 Å². The second-order valence-corrected chi connectivity index (χ2v) is 3.98. The zero-order valence-corrected chi connectivity index (χ0v) is 8.64. The molecular weight excluding hydrogens is 170 g/mol. The van der Waals surface area contributed by atoms with Crippen LogP contribution in [0, 0.1) is 0 Å². The Hall–Kier alpha value is -0.160. The molecule has 1 heterocycles. The fourth-order valence-corrected chi connectivity index (χ4v) is 1.87. The highest BCUT2D eigenvalue weighted by Crippen LogP contribution is 2.23. The molecule has 0 saturated carbocycles. The third-order valence-corrected chi connectivity index (χ3v) is 2.69. The van der Waals surface area contributed by atoms with Crippen molar-refractivity contribution in [2.45, 2.75) is 44.3 Å². The van der Waals surface area contributed by atoms with E-state index < -0.39 is 12.2 Å². The molecule has 4 nitrogen and oxygen atoms in total. The van der Waals surface area contributed by atoms with Crippen LogP contribution in [-0.4, -0.2) is 59.7 Å². The Balaban J connectivity index is 2.76. The van der Waals surface area contributed by atoms with E-state index in [2.05, 4.69) is 0 Å². The first kappa shape index (κ1) is 10.9. The predicted octanol–water partition coefficient (Wildman–Crippen LogP) is -0.554. The topological polar surface area (TPSA) is 52.9 Å². The average molecular weight is 189 g/mol. The van der Waals surface area contributed by atoms with Crippen LogP contribution < -0.4 is 0 Å². The van der Waals surface area contributed by atoms with Gasteiger partial charge in [-0.1, -0.05) is 0 Å². The number of likely N-dealkylation sites (N-methyl/N-ethyl adjacent to an activating group) is 1. The molecule has 0 aliphatic carbocycles. The van der Waals surface area contributed by atoms with E-state index >= 15 is 0 Å². The van der Waals surface area contributed by atoms with Crippen molar-refractivity contribution < 1.29 is 14.9 Å². The summed E-state index contributed by atoms with van der Waals surface area (Å²) >= 11 is 0. The van der Waals surface area contributed by atoms with Gasteiger partial charge in [-0.3, -0.25) is 0 Å². The monoisotopic (exact) mass is 189 g/mol. The van der Waals surface area contributed by atoms with E-state index in [0.717, 1.165) is 0 Å². The standard InChI is InChI=1S/C9H19NO3/c1-5-8(11)7(10(3)4)9(12)6(2)13-5/h5-9,11-12H,1-4H3/t5-,6?,7?,8-,9-/m1/s1. The van der Waals surface area contributed by atoms with Crippen LogP contribution in [0.4, 0.5) is 0 Å². The predicted molar refractivity (Wildman–Crippen MR) is 49.5 cm³/mol. The van der Waals surface area contributed by atoms with Gasteiger partial charge in [-0.05, 0) is 27.9 Å². The largest absolute Gasteiger partial charge is 0.389 e. The summed E-state index contributed by atoms with van der Waals surface area (Å²) < 4.78 is 5.36. The lowest BCUT2D eigenvalue weighted by molar-refractivity contribution is -0.189. The number of hydrogen-bond acceptors (Lipinski definition) is 4. The Morgan fingerprint density at radius 1 is 1.00 bits per heavy atom. The lowest BCUT2D eigenvalue weighted by Crippen LogP contribution is -2.60. The first-order valence-electron chi connectivity index (χ1n) is 4.63. The zero-order valence-electron chi connectivity index (χ0n) is 8.64. The molecular formula is C9H19NO3. The first-order valence-corrected chi connectivity index (χ1v) is 4.63. The van der Waals surface area contributed by atoms with Gasteiger partial charge in [0.15, 0.2) is 0 Å². The second kappa shape index (κ2) is 3.92. The van der Waals surface area contributed by atoms with Crippen molar-refractivity contribution in [1.29, 1.82) is 0 Å². The molecule has 1 aliphatic rings. The Kier molecular flexibility index (Phi) is 3.29. The highest BCUT2D eigenvalue weighted by atomic mass is 16.5. The molecule has 1 aliphatic heterocycles. The molecule has 0 spiro atoms. The van der Waals surface area contributed by atoms with Gasteiger partial charge in [0.25, 0.3) is 0 Å². The van der Waals surface area contributed by atoms with Crippen LogP contribution >= 0.6 is 0 Å². The Morgan fingerprint density at radius 3 is 1.69 bits per heavy atom. The van der Waals surface area contributed by atoms with Crippen LogP contribution in [0.5, 0.6) is 0 Å². The lowest BCUT2D eigenvalue weighted by atomic mass is 9.93. The minimum atomic E-state index is -0.624. The molecule has 0 aromatic carbocycles. The van der Waals surface area contributed by atoms with Gasteiger partial charge < -0.3 is 19.8 Å². The normalized spacial score (nSPS) is 46.8. The molecule has 0 amide bonds. The molecule has 1 fully saturated rings. The highest BCUT2D eigenvalue weighted by Gasteiger charge is 2.41. The van der Waals surface area contributed by atoms with Crippen LogP contribution in [-0.2, 0) is 4.74 Å². The van der Waals surface area contributed by atoms with Gasteiger partial charge in [-0.2, -0.15) is 0 Å². The van der Waals surface area contributed by atoms with Crippen molar-refractivity contribution in [2.24, 2.45) is 0 Å². The molecule has 13 heavy (non-hydrogen) atoms. The number of nitrogens with zero attached hydrogens (tertiary/aromatic N) is 1. The summed E-state index contributed by atoms with van der Waals surface area (Å²) in [6.45, 7) is 3.65. The maximum absolute atomic E-state index is 9.77. The van der Waals surface area contributed by atoms with Gasteiger partial charge in [-0.25, -0.2) is 0 Å². The molecule has 1 saturated heterocycles. The van der Waals surface area contributed by atoms with Crippen molar-refractivity contribution >= 4 is 0 Å². The summed E-state index contributed by atoms with van der Waals surface area (Å²) in [6, 6.07) is -0.237. The van der Waals surface area contributed by atoms with E-state index in [1.165, 1.54) is 0 Å². The molecule has 0 aromatic rings. The van der Waals surface area contributed by atoms with Crippen LogP contribution in [0.2, 0.25) is 0 Å². The van der Waals surface area contributed by atoms with Crippen LogP contribution in [0.15, 0.2) is 0 Å². The molecule has 5 atom stereocenters. The molecule has 78 valence electrons. The maximum Gasteiger partial charge on any atom is 0.0979 e. The van der Waals surface area contributed by atoms with Crippen LogP contribution in [0.1, 0.15) is 13.8 Å². The number of ether oxygens (including phenoxy) is 1. The minimum absolute atomic E-state index is 0.217. The van der Waals surface area contributed by atoms with Gasteiger partial charge in [0.05, 0.1) is 30.5 Å². The minimum Gasteiger partial charge on any atom is -0.389 e.